The number of hydrogen-bond donors (Lipinski definition) is 1. The van der Waals surface area contributed by atoms with Crippen LogP contribution in [0.15, 0.2) is 42.6 Å². The summed E-state index contributed by atoms with van der Waals surface area (Å²) in [5, 5.41) is 4.30. The van der Waals surface area contributed by atoms with Crippen molar-refractivity contribution in [1.82, 2.24) is 20.2 Å². The summed E-state index contributed by atoms with van der Waals surface area (Å²) in [5.74, 6) is 0.955. The Kier molecular flexibility index (Phi) is 6.88. The van der Waals surface area contributed by atoms with Crippen LogP contribution in [-0.4, -0.2) is 53.5 Å². The van der Waals surface area contributed by atoms with E-state index in [0.717, 1.165) is 80.4 Å². The summed E-state index contributed by atoms with van der Waals surface area (Å²) in [5.41, 5.74) is 3.66. The van der Waals surface area contributed by atoms with Crippen LogP contribution in [0.3, 0.4) is 0 Å². The lowest BCUT2D eigenvalue weighted by Gasteiger charge is -2.33. The summed E-state index contributed by atoms with van der Waals surface area (Å²) < 4.78 is 0. The van der Waals surface area contributed by atoms with E-state index in [-0.39, 0.29) is 11.8 Å². The van der Waals surface area contributed by atoms with Crippen molar-refractivity contribution in [1.29, 1.82) is 0 Å². The Morgan fingerprint density at radius 3 is 2.55 bits per heavy atom. The Labute approximate surface area is 200 Å². The molecule has 0 unspecified atom stereocenters. The van der Waals surface area contributed by atoms with Gasteiger partial charge in [0.25, 0.3) is 0 Å². The van der Waals surface area contributed by atoms with E-state index in [0.29, 0.717) is 5.92 Å². The lowest BCUT2D eigenvalue weighted by molar-refractivity contribution is -0.125. The fourth-order valence-corrected chi connectivity index (χ4v) is 5.88. The van der Waals surface area contributed by atoms with Crippen molar-refractivity contribution in [3.63, 3.8) is 0 Å². The summed E-state index contributed by atoms with van der Waals surface area (Å²) in [6, 6.07) is 12.8. The number of fused-ring (bicyclic) bond motifs is 1. The molecule has 2 aliphatic heterocycles. The van der Waals surface area contributed by atoms with Gasteiger partial charge in [-0.1, -0.05) is 41.2 Å². The van der Waals surface area contributed by atoms with Crippen LogP contribution in [0, 0.1) is 18.8 Å². The summed E-state index contributed by atoms with van der Waals surface area (Å²) >= 11 is 1.64. The molecule has 7 heteroatoms. The highest BCUT2D eigenvalue weighted by molar-refractivity contribution is 7.21. The monoisotopic (exact) mass is 463 g/mol. The minimum absolute atomic E-state index is 0.121. The van der Waals surface area contributed by atoms with E-state index < -0.39 is 0 Å². The van der Waals surface area contributed by atoms with Crippen molar-refractivity contribution >= 4 is 32.7 Å². The Hall–Kier alpha value is -2.51. The van der Waals surface area contributed by atoms with Gasteiger partial charge in [0.2, 0.25) is 5.91 Å². The number of aryl methyl sites for hydroxylation is 1. The predicted molar refractivity (Wildman–Crippen MR) is 135 cm³/mol. The molecular weight excluding hydrogens is 430 g/mol. The number of likely N-dealkylation sites (tertiary alicyclic amines) is 1. The minimum Gasteiger partial charge on any atom is -0.356 e. The van der Waals surface area contributed by atoms with Gasteiger partial charge in [0.05, 0.1) is 0 Å². The largest absolute Gasteiger partial charge is 0.356 e. The molecule has 0 atom stereocenters. The van der Waals surface area contributed by atoms with E-state index in [1.165, 1.54) is 11.1 Å². The van der Waals surface area contributed by atoms with Crippen molar-refractivity contribution in [3.05, 3.63) is 53.7 Å². The van der Waals surface area contributed by atoms with Gasteiger partial charge in [-0.15, -0.1) is 0 Å². The van der Waals surface area contributed by atoms with E-state index >= 15 is 0 Å². The molecule has 2 saturated heterocycles. The van der Waals surface area contributed by atoms with Crippen molar-refractivity contribution in [3.8, 4) is 0 Å². The van der Waals surface area contributed by atoms with Gasteiger partial charge in [-0.05, 0) is 69.3 Å². The summed E-state index contributed by atoms with van der Waals surface area (Å²) in [7, 11) is 0. The third-order valence-corrected chi connectivity index (χ3v) is 8.13. The molecule has 2 aliphatic rings. The third kappa shape index (κ3) is 5.53. The number of benzene rings is 1. The zero-order valence-corrected chi connectivity index (χ0v) is 20.2. The average Bonchev–Trinajstić information content (AvgIpc) is 3.29. The number of thiazole rings is 1. The SMILES string of the molecule is Cc1ccc(CN2CCC(CNC(=O)C3CCN(c4nc5cccnc5s4)CC3)CC2)cc1. The standard InChI is InChI=1S/C26H33N5OS/c1-19-4-6-21(7-5-19)18-30-13-8-20(9-14-30)17-28-24(32)22-10-15-31(16-11-22)26-29-23-3-2-12-27-25(23)33-26/h2-7,12,20,22H,8-11,13-18H2,1H3,(H,28,32). The summed E-state index contributed by atoms with van der Waals surface area (Å²) in [4.78, 5) is 27.7. The third-order valence-electron chi connectivity index (χ3n) is 7.09. The molecule has 174 valence electrons. The highest BCUT2D eigenvalue weighted by Crippen LogP contribution is 2.30. The Morgan fingerprint density at radius 1 is 1.06 bits per heavy atom. The van der Waals surface area contributed by atoms with E-state index in [9.17, 15) is 4.79 Å². The van der Waals surface area contributed by atoms with E-state index in [1.807, 2.05) is 18.3 Å². The molecule has 0 radical (unpaired) electrons. The molecule has 1 amide bonds. The van der Waals surface area contributed by atoms with Gasteiger partial charge >= 0.3 is 0 Å². The van der Waals surface area contributed by atoms with Crippen LogP contribution in [0.4, 0.5) is 5.13 Å². The number of carbonyl (C=O) groups excluding carboxylic acids is 1. The number of nitrogens with one attached hydrogen (secondary N) is 1. The van der Waals surface area contributed by atoms with E-state index in [4.69, 9.17) is 4.98 Å². The number of amides is 1. The van der Waals surface area contributed by atoms with Gasteiger partial charge in [-0.2, -0.15) is 0 Å². The van der Waals surface area contributed by atoms with Crippen LogP contribution in [0.2, 0.25) is 0 Å². The molecule has 5 rings (SSSR count). The molecule has 0 aliphatic carbocycles. The van der Waals surface area contributed by atoms with Crippen molar-refractivity contribution in [2.75, 3.05) is 37.6 Å². The first-order valence-corrected chi connectivity index (χ1v) is 13.0. The quantitative estimate of drug-likeness (QED) is 0.592. The number of pyridine rings is 1. The van der Waals surface area contributed by atoms with E-state index in [1.54, 1.807) is 11.3 Å². The van der Waals surface area contributed by atoms with Gasteiger partial charge in [0.1, 0.15) is 10.3 Å². The fourth-order valence-electron chi connectivity index (χ4n) is 4.92. The Balaban J connectivity index is 1.03. The van der Waals surface area contributed by atoms with Crippen LogP contribution in [0.5, 0.6) is 0 Å². The van der Waals surface area contributed by atoms with Gasteiger partial charge in [-0.25, -0.2) is 9.97 Å². The van der Waals surface area contributed by atoms with Gasteiger partial charge in [-0.3, -0.25) is 9.69 Å². The zero-order chi connectivity index (χ0) is 22.6. The Morgan fingerprint density at radius 2 is 1.82 bits per heavy atom. The maximum absolute atomic E-state index is 12.8. The number of aromatic nitrogens is 2. The second kappa shape index (κ2) is 10.2. The molecule has 33 heavy (non-hydrogen) atoms. The number of carbonyl (C=O) groups is 1. The molecule has 4 heterocycles. The molecule has 3 aromatic rings. The topological polar surface area (TPSA) is 61.4 Å². The highest BCUT2D eigenvalue weighted by atomic mass is 32.1. The average molecular weight is 464 g/mol. The second-order valence-corrected chi connectivity index (χ2v) is 10.5. The molecule has 0 spiro atoms. The zero-order valence-electron chi connectivity index (χ0n) is 19.4. The van der Waals surface area contributed by atoms with Crippen molar-refractivity contribution in [2.45, 2.75) is 39.2 Å². The highest BCUT2D eigenvalue weighted by Gasteiger charge is 2.27. The normalized spacial score (nSPS) is 18.6. The molecule has 1 N–H and O–H groups in total. The molecule has 0 bridgehead atoms. The van der Waals surface area contributed by atoms with Gasteiger partial charge in [0, 0.05) is 38.3 Å². The second-order valence-electron chi connectivity index (χ2n) is 9.54. The molecule has 0 saturated carbocycles. The minimum atomic E-state index is 0.121. The lowest BCUT2D eigenvalue weighted by Crippen LogP contribution is -2.43. The maximum atomic E-state index is 12.8. The predicted octanol–water partition coefficient (Wildman–Crippen LogP) is 4.24. The Bertz CT molecular complexity index is 1030. The number of rotatable bonds is 6. The molecule has 2 aromatic heterocycles. The smallest absolute Gasteiger partial charge is 0.223 e. The molecule has 1 aromatic carbocycles. The number of hydrogen-bond acceptors (Lipinski definition) is 6. The first kappa shape index (κ1) is 22.3. The van der Waals surface area contributed by atoms with E-state index in [2.05, 4.69) is 51.3 Å². The number of anilines is 1. The van der Waals surface area contributed by atoms with Gasteiger partial charge < -0.3 is 10.2 Å². The first-order valence-electron chi connectivity index (χ1n) is 12.2. The summed E-state index contributed by atoms with van der Waals surface area (Å²) in [6.45, 7) is 7.98. The van der Waals surface area contributed by atoms with Crippen LogP contribution in [-0.2, 0) is 11.3 Å². The summed E-state index contributed by atoms with van der Waals surface area (Å²) in [6.07, 6.45) is 5.93. The van der Waals surface area contributed by atoms with Crippen LogP contribution in [0.1, 0.15) is 36.8 Å². The van der Waals surface area contributed by atoms with Gasteiger partial charge in [0.15, 0.2) is 5.13 Å². The maximum Gasteiger partial charge on any atom is 0.223 e. The molecule has 2 fully saturated rings. The fraction of sp³-hybridized carbons (Fsp3) is 0.500. The van der Waals surface area contributed by atoms with Crippen LogP contribution >= 0.6 is 11.3 Å². The number of piperidine rings is 2. The lowest BCUT2D eigenvalue weighted by atomic mass is 9.94. The van der Waals surface area contributed by atoms with Crippen LogP contribution < -0.4 is 10.2 Å². The first-order chi connectivity index (χ1) is 16.1. The molecule has 6 nitrogen and oxygen atoms in total. The van der Waals surface area contributed by atoms with Crippen LogP contribution in [0.25, 0.3) is 10.3 Å². The number of nitrogens with zero attached hydrogens (tertiary/aromatic N) is 4. The van der Waals surface area contributed by atoms with Crippen molar-refractivity contribution in [2.24, 2.45) is 11.8 Å². The van der Waals surface area contributed by atoms with Crippen molar-refractivity contribution < 1.29 is 4.79 Å². The molecular formula is C26H33N5OS.